The van der Waals surface area contributed by atoms with Crippen LogP contribution >= 0.6 is 11.3 Å². The molecule has 0 atom stereocenters. The second kappa shape index (κ2) is 14.5. The zero-order valence-corrected chi connectivity index (χ0v) is 33.9. The van der Waals surface area contributed by atoms with Gasteiger partial charge in [-0.25, -0.2) is 0 Å². The normalized spacial score (nSPS) is 11.6. The molecule has 0 N–H and O–H groups in total. The molecule has 0 unspecified atom stereocenters. The van der Waals surface area contributed by atoms with Crippen LogP contribution < -0.4 is 4.90 Å². The number of furan rings is 1. The Morgan fingerprint density at radius 1 is 0.361 bits per heavy atom. The molecule has 0 radical (unpaired) electrons. The SMILES string of the molecule is c1ccc(-c2ccc(-c3ccc(N(c4cccc(-c5cccc6oc7c8ccccc8ccc7c56)c4)c4cccc5c4sc4ccccc45)cc3)cc2-c2ccccc2)cc1. The average molecular weight is 796 g/mol. The first-order valence-corrected chi connectivity index (χ1v) is 21.6. The maximum absolute atomic E-state index is 6.62. The van der Waals surface area contributed by atoms with Gasteiger partial charge in [0.15, 0.2) is 0 Å². The zero-order chi connectivity index (χ0) is 40.3. The number of nitrogens with zero attached hydrogens (tertiary/aromatic N) is 1. The molecule has 2 heterocycles. The third-order valence-electron chi connectivity index (χ3n) is 12.1. The third-order valence-corrected chi connectivity index (χ3v) is 13.3. The monoisotopic (exact) mass is 795 g/mol. The minimum atomic E-state index is 0.893. The zero-order valence-electron chi connectivity index (χ0n) is 33.1. The fraction of sp³-hybridized carbons (Fsp3) is 0. The molecule has 0 saturated carbocycles. The third kappa shape index (κ3) is 6.01. The van der Waals surface area contributed by atoms with Crippen molar-refractivity contribution in [2.45, 2.75) is 0 Å². The molecule has 0 saturated heterocycles. The molecule has 0 spiro atoms. The van der Waals surface area contributed by atoms with Crippen LogP contribution in [0.1, 0.15) is 0 Å². The smallest absolute Gasteiger partial charge is 0.143 e. The molecule has 12 rings (SSSR count). The quantitative estimate of drug-likeness (QED) is 0.160. The lowest BCUT2D eigenvalue weighted by atomic mass is 9.91. The fourth-order valence-electron chi connectivity index (χ4n) is 9.20. The molecule has 0 aliphatic carbocycles. The van der Waals surface area contributed by atoms with E-state index in [1.807, 2.05) is 11.3 Å². The summed E-state index contributed by atoms with van der Waals surface area (Å²) in [5, 5.41) is 7.12. The van der Waals surface area contributed by atoms with Crippen molar-refractivity contribution in [2.75, 3.05) is 4.90 Å². The predicted octanol–water partition coefficient (Wildman–Crippen LogP) is 17.2. The summed E-state index contributed by atoms with van der Waals surface area (Å²) in [6, 6.07) is 81.1. The van der Waals surface area contributed by atoms with Gasteiger partial charge in [0.05, 0.1) is 10.4 Å². The van der Waals surface area contributed by atoms with Gasteiger partial charge in [-0.05, 0) is 104 Å². The van der Waals surface area contributed by atoms with Crippen molar-refractivity contribution in [3.8, 4) is 44.5 Å². The lowest BCUT2D eigenvalue weighted by Crippen LogP contribution is -2.10. The van der Waals surface area contributed by atoms with Gasteiger partial charge < -0.3 is 9.32 Å². The van der Waals surface area contributed by atoms with Crippen LogP contribution in [-0.4, -0.2) is 0 Å². The van der Waals surface area contributed by atoms with Crippen molar-refractivity contribution < 1.29 is 4.42 Å². The highest BCUT2D eigenvalue weighted by molar-refractivity contribution is 7.26. The Kier molecular flexibility index (Phi) is 8.39. The molecule has 0 fully saturated rings. The van der Waals surface area contributed by atoms with Crippen LogP contribution in [0, 0.1) is 0 Å². The van der Waals surface area contributed by atoms with E-state index in [9.17, 15) is 0 Å². The van der Waals surface area contributed by atoms with E-state index in [1.54, 1.807) is 0 Å². The highest BCUT2D eigenvalue weighted by Crippen LogP contribution is 2.47. The Morgan fingerprint density at radius 2 is 1.03 bits per heavy atom. The van der Waals surface area contributed by atoms with E-state index >= 15 is 0 Å². The molecular formula is C58H37NOS. The summed E-state index contributed by atoms with van der Waals surface area (Å²) in [6.45, 7) is 0. The van der Waals surface area contributed by atoms with Crippen molar-refractivity contribution in [2.24, 2.45) is 0 Å². The Morgan fingerprint density at radius 3 is 1.87 bits per heavy atom. The topological polar surface area (TPSA) is 16.4 Å². The molecule has 0 aliphatic heterocycles. The highest BCUT2D eigenvalue weighted by atomic mass is 32.1. The number of thiophene rings is 1. The number of fused-ring (bicyclic) bond motifs is 8. The van der Waals surface area contributed by atoms with E-state index in [1.165, 1.54) is 58.9 Å². The van der Waals surface area contributed by atoms with Crippen LogP contribution in [-0.2, 0) is 0 Å². The lowest BCUT2D eigenvalue weighted by Gasteiger charge is -2.27. The van der Waals surface area contributed by atoms with Crippen molar-refractivity contribution in [1.29, 1.82) is 0 Å². The molecule has 0 amide bonds. The summed E-state index contributed by atoms with van der Waals surface area (Å²) in [6.07, 6.45) is 0. The van der Waals surface area contributed by atoms with Gasteiger partial charge in [0.25, 0.3) is 0 Å². The summed E-state index contributed by atoms with van der Waals surface area (Å²) >= 11 is 1.86. The summed E-state index contributed by atoms with van der Waals surface area (Å²) < 4.78 is 9.17. The first-order valence-electron chi connectivity index (χ1n) is 20.7. The summed E-state index contributed by atoms with van der Waals surface area (Å²) in [5.41, 5.74) is 14.6. The second-order valence-electron chi connectivity index (χ2n) is 15.6. The van der Waals surface area contributed by atoms with Crippen molar-refractivity contribution in [3.63, 3.8) is 0 Å². The number of anilines is 3. The van der Waals surface area contributed by atoms with Crippen LogP contribution in [0.4, 0.5) is 17.1 Å². The van der Waals surface area contributed by atoms with E-state index in [-0.39, 0.29) is 0 Å². The molecule has 3 heteroatoms. The van der Waals surface area contributed by atoms with E-state index in [2.05, 4.69) is 229 Å². The molecule has 61 heavy (non-hydrogen) atoms. The number of rotatable bonds is 7. The van der Waals surface area contributed by atoms with Gasteiger partial charge in [0.2, 0.25) is 0 Å². The molecule has 0 aliphatic rings. The van der Waals surface area contributed by atoms with Crippen LogP contribution in [0.25, 0.3) is 97.4 Å². The first kappa shape index (κ1) is 35.2. The second-order valence-corrected chi connectivity index (χ2v) is 16.7. The van der Waals surface area contributed by atoms with E-state index < -0.39 is 0 Å². The van der Waals surface area contributed by atoms with Crippen LogP contribution in [0.3, 0.4) is 0 Å². The van der Waals surface area contributed by atoms with E-state index in [0.29, 0.717) is 0 Å². The Bertz CT molecular complexity index is 3580. The fourth-order valence-corrected chi connectivity index (χ4v) is 10.4. The Balaban J connectivity index is 1.01. The van der Waals surface area contributed by atoms with Gasteiger partial charge in [-0.2, -0.15) is 0 Å². The maximum atomic E-state index is 6.62. The molecule has 286 valence electrons. The number of benzene rings is 10. The average Bonchev–Trinajstić information content (AvgIpc) is 3.92. The standard InChI is InChI=1S/C58H37NOS/c1-3-14-39(15-4-1)46-34-31-42(37-52(46)40-16-5-2-6-17-40)38-28-32-44(33-29-38)59(53-25-12-24-50-49-22-9-10-27-55(49)61-58(50)53)45-20-11-19-43(36-45)47-23-13-26-54-56(47)51-35-30-41-18-7-8-21-48(41)57(51)60-54/h1-37H. The minimum Gasteiger partial charge on any atom is -0.455 e. The molecule has 2 nitrogen and oxygen atoms in total. The molecule has 12 aromatic rings. The van der Waals surface area contributed by atoms with Crippen molar-refractivity contribution in [3.05, 3.63) is 224 Å². The lowest BCUT2D eigenvalue weighted by molar-refractivity contribution is 0.673. The molecule has 10 aromatic carbocycles. The Labute approximate surface area is 357 Å². The highest BCUT2D eigenvalue weighted by Gasteiger charge is 2.21. The number of hydrogen-bond acceptors (Lipinski definition) is 3. The summed E-state index contributed by atoms with van der Waals surface area (Å²) in [7, 11) is 0. The van der Waals surface area contributed by atoms with Gasteiger partial charge in [-0.15, -0.1) is 11.3 Å². The van der Waals surface area contributed by atoms with Gasteiger partial charge in [-0.3, -0.25) is 0 Å². The summed E-state index contributed by atoms with van der Waals surface area (Å²) in [5.74, 6) is 0. The van der Waals surface area contributed by atoms with Crippen LogP contribution in [0.2, 0.25) is 0 Å². The minimum absolute atomic E-state index is 0.893. The Hall–Kier alpha value is -7.72. The summed E-state index contributed by atoms with van der Waals surface area (Å²) in [4.78, 5) is 2.43. The molecular weight excluding hydrogens is 759 g/mol. The molecule has 2 aromatic heterocycles. The van der Waals surface area contributed by atoms with E-state index in [0.717, 1.165) is 55.5 Å². The largest absolute Gasteiger partial charge is 0.455 e. The van der Waals surface area contributed by atoms with Crippen molar-refractivity contribution >= 4 is 81.3 Å². The maximum Gasteiger partial charge on any atom is 0.143 e. The van der Waals surface area contributed by atoms with Gasteiger partial charge >= 0.3 is 0 Å². The van der Waals surface area contributed by atoms with Gasteiger partial charge in [-0.1, -0.05) is 170 Å². The van der Waals surface area contributed by atoms with Gasteiger partial charge in [0.1, 0.15) is 11.2 Å². The number of hydrogen-bond donors (Lipinski definition) is 0. The predicted molar refractivity (Wildman–Crippen MR) is 261 cm³/mol. The van der Waals surface area contributed by atoms with Crippen LogP contribution in [0.15, 0.2) is 229 Å². The van der Waals surface area contributed by atoms with Crippen molar-refractivity contribution in [1.82, 2.24) is 0 Å². The van der Waals surface area contributed by atoms with Gasteiger partial charge in [0, 0.05) is 43.0 Å². The molecule has 0 bridgehead atoms. The first-order chi connectivity index (χ1) is 30.2. The van der Waals surface area contributed by atoms with Crippen LogP contribution in [0.5, 0.6) is 0 Å². The van der Waals surface area contributed by atoms with E-state index in [4.69, 9.17) is 4.42 Å².